The van der Waals surface area contributed by atoms with Crippen LogP contribution in [0.1, 0.15) is 44.6 Å². The highest BCUT2D eigenvalue weighted by Crippen LogP contribution is 2.34. The molecule has 2 fully saturated rings. The van der Waals surface area contributed by atoms with Crippen LogP contribution in [-0.2, 0) is 30.7 Å². The lowest BCUT2D eigenvalue weighted by atomic mass is 10.0. The fraction of sp³-hybridized carbons (Fsp3) is 0.559. The number of β-amino-alcohol motifs (C(OH)–C–C–N with tert-alkyl or cyclic N) is 1. The number of allylic oxidation sites excluding steroid dienone is 2. The number of nitrogens with one attached hydrogen (secondary N) is 1. The molecule has 12 heteroatoms. The Morgan fingerprint density at radius 1 is 1.09 bits per heavy atom. The number of rotatable bonds is 8. The minimum absolute atomic E-state index is 0.00171. The number of methoxy groups -OCH3 is 1. The van der Waals surface area contributed by atoms with Crippen LogP contribution in [-0.4, -0.2) is 88.5 Å². The number of benzene rings is 2. The van der Waals surface area contributed by atoms with Gasteiger partial charge in [0.25, 0.3) is 0 Å². The summed E-state index contributed by atoms with van der Waals surface area (Å²) in [5.74, 6) is 0.625. The van der Waals surface area contributed by atoms with Crippen LogP contribution < -0.4 is 14.8 Å². The Labute approximate surface area is 271 Å². The zero-order valence-corrected chi connectivity index (χ0v) is 27.4. The van der Waals surface area contributed by atoms with Gasteiger partial charge in [0.2, 0.25) is 10.0 Å². The van der Waals surface area contributed by atoms with Crippen LogP contribution in [0.2, 0.25) is 0 Å². The van der Waals surface area contributed by atoms with Gasteiger partial charge in [-0.3, -0.25) is 0 Å². The number of sulfonamides is 1. The number of carbonyl (C=O) groups is 1. The predicted molar refractivity (Wildman–Crippen MR) is 171 cm³/mol. The zero-order chi connectivity index (χ0) is 32.5. The molecule has 0 aromatic heterocycles. The molecule has 11 nitrogen and oxygen atoms in total. The van der Waals surface area contributed by atoms with Gasteiger partial charge in [-0.15, -0.1) is 0 Å². The van der Waals surface area contributed by atoms with Crippen molar-refractivity contribution in [2.24, 2.45) is 11.8 Å². The average Bonchev–Trinajstić information content (AvgIpc) is 3.67. The Morgan fingerprint density at radius 3 is 2.70 bits per heavy atom. The number of fused-ring (bicyclic) bond motifs is 2. The Hall–Kier alpha value is -3.16. The Morgan fingerprint density at radius 2 is 1.89 bits per heavy atom. The van der Waals surface area contributed by atoms with E-state index >= 15 is 0 Å². The summed E-state index contributed by atoms with van der Waals surface area (Å²) in [6, 6.07) is 13.2. The first-order valence-electron chi connectivity index (χ1n) is 16.1. The van der Waals surface area contributed by atoms with Crippen molar-refractivity contribution in [2.75, 3.05) is 40.0 Å². The first-order valence-corrected chi connectivity index (χ1v) is 17.6. The predicted octanol–water partition coefficient (Wildman–Crippen LogP) is 4.29. The maximum Gasteiger partial charge on any atom is 0.407 e. The number of alkyl carbamates (subject to hydrolysis) is 1. The number of carbonyl (C=O) groups excluding carboxylic acids is 1. The van der Waals surface area contributed by atoms with Crippen LogP contribution in [0.5, 0.6) is 11.5 Å². The minimum atomic E-state index is -4.15. The van der Waals surface area contributed by atoms with E-state index in [4.69, 9.17) is 23.7 Å². The third-order valence-corrected chi connectivity index (χ3v) is 10.6. The molecule has 0 saturated carbocycles. The van der Waals surface area contributed by atoms with E-state index in [9.17, 15) is 18.3 Å². The van der Waals surface area contributed by atoms with Crippen LogP contribution >= 0.6 is 0 Å². The van der Waals surface area contributed by atoms with E-state index < -0.39 is 34.4 Å². The Balaban J connectivity index is 1.40. The van der Waals surface area contributed by atoms with Gasteiger partial charge in [0, 0.05) is 19.2 Å². The average molecular weight is 659 g/mol. The second-order valence-corrected chi connectivity index (χ2v) is 14.2. The van der Waals surface area contributed by atoms with Crippen molar-refractivity contribution in [1.82, 2.24) is 9.62 Å². The first-order chi connectivity index (χ1) is 22.2. The van der Waals surface area contributed by atoms with E-state index in [0.717, 1.165) is 37.7 Å². The van der Waals surface area contributed by atoms with Gasteiger partial charge in [0.15, 0.2) is 6.29 Å². The van der Waals surface area contributed by atoms with Gasteiger partial charge >= 0.3 is 6.09 Å². The number of amides is 1. The highest BCUT2D eigenvalue weighted by Gasteiger charge is 2.44. The van der Waals surface area contributed by atoms with Gasteiger partial charge in [0.05, 0.1) is 45.0 Å². The lowest BCUT2D eigenvalue weighted by molar-refractivity contribution is -0.0907. The molecule has 0 aliphatic carbocycles. The van der Waals surface area contributed by atoms with Crippen LogP contribution in [0.15, 0.2) is 65.6 Å². The van der Waals surface area contributed by atoms with E-state index in [-0.39, 0.29) is 54.9 Å². The van der Waals surface area contributed by atoms with Crippen molar-refractivity contribution in [3.05, 3.63) is 66.2 Å². The quantitative estimate of drug-likeness (QED) is 0.399. The van der Waals surface area contributed by atoms with Gasteiger partial charge in [-0.2, -0.15) is 4.31 Å². The molecule has 2 N–H and O–H groups in total. The van der Waals surface area contributed by atoms with Gasteiger partial charge in [-0.05, 0) is 62.1 Å². The van der Waals surface area contributed by atoms with Crippen LogP contribution in [0.25, 0.3) is 0 Å². The summed E-state index contributed by atoms with van der Waals surface area (Å²) in [4.78, 5) is 13.2. The molecule has 252 valence electrons. The van der Waals surface area contributed by atoms with Gasteiger partial charge in [-0.25, -0.2) is 13.2 Å². The van der Waals surface area contributed by atoms with E-state index in [2.05, 4.69) is 17.5 Å². The van der Waals surface area contributed by atoms with Crippen LogP contribution in [0.4, 0.5) is 4.79 Å². The molecular weight excluding hydrogens is 612 g/mol. The maximum atomic E-state index is 14.4. The molecule has 2 aromatic carbocycles. The first kappa shape index (κ1) is 34.2. The number of aliphatic hydroxyl groups is 1. The topological polar surface area (TPSA) is 133 Å². The third kappa shape index (κ3) is 8.80. The third-order valence-electron chi connectivity index (χ3n) is 8.75. The molecule has 6 atom stereocenters. The van der Waals surface area contributed by atoms with Gasteiger partial charge in [0.1, 0.15) is 22.5 Å². The monoisotopic (exact) mass is 658 g/mol. The summed E-state index contributed by atoms with van der Waals surface area (Å²) in [5, 5.41) is 14.6. The summed E-state index contributed by atoms with van der Waals surface area (Å²) in [7, 11) is -2.63. The molecule has 3 aliphatic heterocycles. The molecule has 0 unspecified atom stereocenters. The van der Waals surface area contributed by atoms with E-state index in [1.165, 1.54) is 17.5 Å². The zero-order valence-electron chi connectivity index (χ0n) is 26.6. The van der Waals surface area contributed by atoms with Crippen molar-refractivity contribution < 1.29 is 42.0 Å². The number of hydrogen-bond acceptors (Lipinski definition) is 9. The van der Waals surface area contributed by atoms with Crippen molar-refractivity contribution in [3.8, 4) is 11.5 Å². The highest BCUT2D eigenvalue weighted by atomic mass is 32.2. The molecule has 2 aromatic rings. The molecule has 5 rings (SSSR count). The summed E-state index contributed by atoms with van der Waals surface area (Å²) in [6.45, 7) is 3.04. The van der Waals surface area contributed by atoms with Gasteiger partial charge in [-0.1, -0.05) is 49.4 Å². The summed E-state index contributed by atoms with van der Waals surface area (Å²) in [6.07, 6.45) is 5.59. The van der Waals surface area contributed by atoms with E-state index in [1.807, 2.05) is 37.3 Å². The SMILES string of the molecule is COc1ccc2c(c1)OCCC/C=C\CC[C@@H](C)CN(C[C@@H](O)[C@H](Cc1ccccc1)NC(=O)O[C@H]1CO[C@H]3OCC[C@H]31)S2(=O)=O. The largest absolute Gasteiger partial charge is 0.497 e. The summed E-state index contributed by atoms with van der Waals surface area (Å²) in [5.41, 5.74) is 0.871. The molecule has 2 saturated heterocycles. The molecule has 3 aliphatic rings. The van der Waals surface area contributed by atoms with E-state index in [1.54, 1.807) is 12.1 Å². The second-order valence-electron chi connectivity index (χ2n) is 12.3. The Kier molecular flexibility index (Phi) is 12.0. The van der Waals surface area contributed by atoms with Crippen molar-refractivity contribution in [2.45, 2.75) is 74.9 Å². The highest BCUT2D eigenvalue weighted by molar-refractivity contribution is 7.89. The molecule has 0 spiro atoms. The molecule has 46 heavy (non-hydrogen) atoms. The molecule has 0 radical (unpaired) electrons. The molecule has 1 amide bonds. The minimum Gasteiger partial charge on any atom is -0.497 e. The van der Waals surface area contributed by atoms with Crippen LogP contribution in [0.3, 0.4) is 0 Å². The van der Waals surface area contributed by atoms with E-state index in [0.29, 0.717) is 19.0 Å². The standard InChI is InChI=1S/C34H46N2O9S/c1-24-11-7-4-3-5-10-17-42-30-20-26(41-2)14-15-32(30)46(39,40)36(21-24)22-29(37)28(19-25-12-8-6-9-13-25)35-34(38)45-31-23-44-33-27(31)16-18-43-33/h3-4,6,8-9,12-15,20,24,27-29,31,33,37H,5,7,10-11,16-19,21-23H2,1-2H3,(H,35,38)/b4-3-/t24-,27+,28+,29-,31+,33-/m1/s1. The van der Waals surface area contributed by atoms with Crippen LogP contribution in [0, 0.1) is 11.8 Å². The summed E-state index contributed by atoms with van der Waals surface area (Å²) < 4.78 is 58.3. The fourth-order valence-corrected chi connectivity index (χ4v) is 7.84. The van der Waals surface area contributed by atoms with Gasteiger partial charge < -0.3 is 34.1 Å². The summed E-state index contributed by atoms with van der Waals surface area (Å²) >= 11 is 0. The number of hydrogen-bond donors (Lipinski definition) is 2. The van der Waals surface area contributed by atoms with Crippen molar-refractivity contribution in [3.63, 3.8) is 0 Å². The molecule has 3 heterocycles. The number of ether oxygens (including phenoxy) is 5. The number of aliphatic hydroxyl groups excluding tert-OH is 1. The fourth-order valence-electron chi connectivity index (χ4n) is 6.15. The lowest BCUT2D eigenvalue weighted by Crippen LogP contribution is -2.51. The number of nitrogens with zero attached hydrogens (tertiary/aromatic N) is 1. The lowest BCUT2D eigenvalue weighted by Gasteiger charge is -2.32. The Bertz CT molecular complexity index is 1420. The normalized spacial score (nSPS) is 27.2. The molecular formula is C34H46N2O9S. The van der Waals surface area contributed by atoms with Crippen molar-refractivity contribution in [1.29, 1.82) is 0 Å². The van der Waals surface area contributed by atoms with Crippen molar-refractivity contribution >= 4 is 16.1 Å². The molecule has 0 bridgehead atoms. The smallest absolute Gasteiger partial charge is 0.407 e. The second kappa shape index (κ2) is 16.1. The maximum absolute atomic E-state index is 14.4.